The first-order valence-electron chi connectivity index (χ1n) is 7.48. The summed E-state index contributed by atoms with van der Waals surface area (Å²) in [6.07, 6.45) is 0. The monoisotopic (exact) mass is 436 g/mol. The molecule has 9 heteroatoms. The first kappa shape index (κ1) is 19.6. The number of rotatable bonds is 6. The van der Waals surface area contributed by atoms with Crippen LogP contribution in [0.25, 0.3) is 0 Å². The van der Waals surface area contributed by atoms with Gasteiger partial charge in [0.2, 0.25) is 15.9 Å². The van der Waals surface area contributed by atoms with E-state index in [4.69, 9.17) is 4.74 Å². The number of ether oxygens (including phenoxy) is 1. The summed E-state index contributed by atoms with van der Waals surface area (Å²) in [6, 6.07) is 4.10. The highest BCUT2D eigenvalue weighted by atomic mass is 79.9. The van der Waals surface area contributed by atoms with Crippen LogP contribution in [0.4, 0.5) is 0 Å². The first-order chi connectivity index (χ1) is 11.3. The molecule has 0 radical (unpaired) electrons. The van der Waals surface area contributed by atoms with Crippen molar-refractivity contribution < 1.29 is 17.9 Å². The molecule has 0 saturated carbocycles. The Morgan fingerprint density at radius 2 is 2.21 bits per heavy atom. The summed E-state index contributed by atoms with van der Waals surface area (Å²) < 4.78 is 33.2. The number of halogens is 1. The third kappa shape index (κ3) is 4.25. The molecule has 0 bridgehead atoms. The molecule has 1 saturated heterocycles. The molecule has 1 aliphatic rings. The molecule has 0 aliphatic carbocycles. The van der Waals surface area contributed by atoms with Crippen LogP contribution in [0.1, 0.15) is 13.8 Å². The lowest BCUT2D eigenvalue weighted by Gasteiger charge is -2.24. The maximum atomic E-state index is 13.1. The van der Waals surface area contributed by atoms with E-state index < -0.39 is 16.1 Å². The second kappa shape index (κ2) is 8.07. The number of amides is 1. The lowest BCUT2D eigenvalue weighted by Crippen LogP contribution is -2.47. The second-order valence-corrected chi connectivity index (χ2v) is 9.62. The molecule has 134 valence electrons. The van der Waals surface area contributed by atoms with E-state index in [1.54, 1.807) is 12.1 Å². The Kier molecular flexibility index (Phi) is 6.58. The zero-order valence-corrected chi connectivity index (χ0v) is 17.0. The van der Waals surface area contributed by atoms with E-state index in [1.807, 2.05) is 13.8 Å². The molecule has 1 fully saturated rings. The van der Waals surface area contributed by atoms with E-state index >= 15 is 0 Å². The minimum atomic E-state index is -3.84. The minimum absolute atomic E-state index is 0.0588. The van der Waals surface area contributed by atoms with Gasteiger partial charge in [-0.3, -0.25) is 4.79 Å². The number of hydrogen-bond donors (Lipinski definition) is 1. The summed E-state index contributed by atoms with van der Waals surface area (Å²) in [4.78, 5) is 12.4. The lowest BCUT2D eigenvalue weighted by molar-refractivity contribution is -0.123. The molecule has 0 aromatic heterocycles. The summed E-state index contributed by atoms with van der Waals surface area (Å²) in [7, 11) is -2.42. The third-order valence-corrected chi connectivity index (χ3v) is 7.09. The molecular formula is C15H21BrN2O4S2. The number of carbonyl (C=O) groups is 1. The first-order valence-corrected chi connectivity index (χ1v) is 10.9. The lowest BCUT2D eigenvalue weighted by atomic mass is 10.2. The molecule has 1 aromatic carbocycles. The summed E-state index contributed by atoms with van der Waals surface area (Å²) in [5.41, 5.74) is 0. The van der Waals surface area contributed by atoms with Gasteiger partial charge in [0.1, 0.15) is 16.7 Å². The standard InChI is InChI=1S/C15H21BrN2O4S2/c1-10(2)7-17-15(19)12-8-23-9-18(12)24(20,21)14-6-11(16)4-5-13(14)22-3/h4-6,10,12H,7-9H2,1-3H3,(H,17,19). The van der Waals surface area contributed by atoms with Crippen molar-refractivity contribution in [1.82, 2.24) is 9.62 Å². The van der Waals surface area contributed by atoms with Gasteiger partial charge in [-0.2, -0.15) is 4.31 Å². The SMILES string of the molecule is COc1ccc(Br)cc1S(=O)(=O)N1CSCC1C(=O)NCC(C)C. The summed E-state index contributed by atoms with van der Waals surface area (Å²) >= 11 is 4.71. The van der Waals surface area contributed by atoms with E-state index in [2.05, 4.69) is 21.2 Å². The number of benzene rings is 1. The fraction of sp³-hybridized carbons (Fsp3) is 0.533. The van der Waals surface area contributed by atoms with Gasteiger partial charge in [0, 0.05) is 16.8 Å². The van der Waals surface area contributed by atoms with E-state index in [0.717, 1.165) is 0 Å². The van der Waals surface area contributed by atoms with Crippen LogP contribution in [0.3, 0.4) is 0 Å². The zero-order valence-electron chi connectivity index (χ0n) is 13.8. The molecule has 24 heavy (non-hydrogen) atoms. The van der Waals surface area contributed by atoms with Gasteiger partial charge in [-0.15, -0.1) is 11.8 Å². The van der Waals surface area contributed by atoms with Gasteiger partial charge in [0.25, 0.3) is 0 Å². The molecule has 1 N–H and O–H groups in total. The zero-order chi connectivity index (χ0) is 17.9. The maximum Gasteiger partial charge on any atom is 0.248 e. The van der Waals surface area contributed by atoms with Crippen LogP contribution < -0.4 is 10.1 Å². The number of sulfonamides is 1. The number of thioether (sulfide) groups is 1. The van der Waals surface area contributed by atoms with Crippen molar-refractivity contribution in [3.63, 3.8) is 0 Å². The molecule has 1 atom stereocenters. The predicted molar refractivity (Wildman–Crippen MR) is 98.7 cm³/mol. The van der Waals surface area contributed by atoms with Crippen molar-refractivity contribution in [2.75, 3.05) is 25.3 Å². The maximum absolute atomic E-state index is 13.1. The van der Waals surface area contributed by atoms with Crippen LogP contribution in [0, 0.1) is 5.92 Å². The molecular weight excluding hydrogens is 416 g/mol. The van der Waals surface area contributed by atoms with Crippen molar-refractivity contribution in [3.05, 3.63) is 22.7 Å². The Morgan fingerprint density at radius 3 is 2.83 bits per heavy atom. The van der Waals surface area contributed by atoms with Crippen molar-refractivity contribution >= 4 is 43.6 Å². The number of methoxy groups -OCH3 is 1. The van der Waals surface area contributed by atoms with Crippen molar-refractivity contribution in [2.24, 2.45) is 5.92 Å². The fourth-order valence-electron chi connectivity index (χ4n) is 2.27. The van der Waals surface area contributed by atoms with Gasteiger partial charge in [-0.25, -0.2) is 8.42 Å². The van der Waals surface area contributed by atoms with Gasteiger partial charge in [-0.1, -0.05) is 29.8 Å². The van der Waals surface area contributed by atoms with E-state index in [1.165, 1.54) is 29.2 Å². The molecule has 1 unspecified atom stereocenters. The number of nitrogens with one attached hydrogen (secondary N) is 1. The summed E-state index contributed by atoms with van der Waals surface area (Å²) in [5.74, 6) is 0.998. The Hall–Kier alpha value is -0.770. The normalized spacial score (nSPS) is 18.8. The van der Waals surface area contributed by atoms with Crippen molar-refractivity contribution in [3.8, 4) is 5.75 Å². The largest absolute Gasteiger partial charge is 0.495 e. The van der Waals surface area contributed by atoms with Gasteiger partial charge < -0.3 is 10.1 Å². The molecule has 6 nitrogen and oxygen atoms in total. The predicted octanol–water partition coefficient (Wildman–Crippen LogP) is 2.29. The highest BCUT2D eigenvalue weighted by Crippen LogP contribution is 2.34. The number of nitrogens with zero attached hydrogens (tertiary/aromatic N) is 1. The van der Waals surface area contributed by atoms with Crippen LogP contribution in [0.5, 0.6) is 5.75 Å². The summed E-state index contributed by atoms with van der Waals surface area (Å²) in [5, 5.41) is 2.82. The Labute approximate surface area is 155 Å². The molecule has 2 rings (SSSR count). The summed E-state index contributed by atoms with van der Waals surface area (Å²) in [6.45, 7) is 4.50. The van der Waals surface area contributed by atoms with Crippen LogP contribution >= 0.6 is 27.7 Å². The smallest absolute Gasteiger partial charge is 0.248 e. The third-order valence-electron chi connectivity index (χ3n) is 3.54. The highest BCUT2D eigenvalue weighted by Gasteiger charge is 2.41. The molecule has 0 spiro atoms. The average Bonchev–Trinajstić information content (AvgIpc) is 3.03. The fourth-order valence-corrected chi connectivity index (χ4v) is 6.12. The Morgan fingerprint density at radius 1 is 1.50 bits per heavy atom. The molecule has 1 aliphatic heterocycles. The van der Waals surface area contributed by atoms with E-state index in [9.17, 15) is 13.2 Å². The van der Waals surface area contributed by atoms with E-state index in [-0.39, 0.29) is 22.4 Å². The topological polar surface area (TPSA) is 75.7 Å². The molecule has 1 heterocycles. The molecule has 1 aromatic rings. The Bertz CT molecular complexity index is 709. The highest BCUT2D eigenvalue weighted by molar-refractivity contribution is 9.10. The van der Waals surface area contributed by atoms with Gasteiger partial charge in [0.05, 0.1) is 13.0 Å². The molecule has 1 amide bonds. The van der Waals surface area contributed by atoms with Crippen molar-refractivity contribution in [2.45, 2.75) is 24.8 Å². The van der Waals surface area contributed by atoms with Gasteiger partial charge in [0.15, 0.2) is 0 Å². The van der Waals surface area contributed by atoms with Crippen LogP contribution in [-0.2, 0) is 14.8 Å². The number of carbonyl (C=O) groups excluding carboxylic acids is 1. The van der Waals surface area contributed by atoms with Crippen LogP contribution in [0.2, 0.25) is 0 Å². The van der Waals surface area contributed by atoms with Gasteiger partial charge in [-0.05, 0) is 24.1 Å². The minimum Gasteiger partial charge on any atom is -0.495 e. The number of hydrogen-bond acceptors (Lipinski definition) is 5. The average molecular weight is 437 g/mol. The van der Waals surface area contributed by atoms with Crippen molar-refractivity contribution in [1.29, 1.82) is 0 Å². The van der Waals surface area contributed by atoms with Gasteiger partial charge >= 0.3 is 0 Å². The van der Waals surface area contributed by atoms with E-state index in [0.29, 0.717) is 22.7 Å². The second-order valence-electron chi connectivity index (χ2n) is 5.84. The van der Waals surface area contributed by atoms with Crippen LogP contribution in [0.15, 0.2) is 27.6 Å². The quantitative estimate of drug-likeness (QED) is 0.739. The van der Waals surface area contributed by atoms with Crippen LogP contribution in [-0.4, -0.2) is 50.0 Å². The Balaban J connectivity index is 2.31.